The Kier molecular flexibility index (Phi) is 3.78. The molecule has 0 aliphatic carbocycles. The SMILES string of the molecule is COc1ccc(C#CCS)c(F)c1F. The van der Waals surface area contributed by atoms with Crippen LogP contribution in [0.15, 0.2) is 12.1 Å². The minimum absolute atomic E-state index is 0.0114. The molecule has 1 rings (SSSR count). The fourth-order valence-electron chi connectivity index (χ4n) is 0.921. The summed E-state index contributed by atoms with van der Waals surface area (Å²) in [6.45, 7) is 0. The van der Waals surface area contributed by atoms with E-state index in [4.69, 9.17) is 0 Å². The fourth-order valence-corrected chi connectivity index (χ4v) is 1.000. The molecular weight excluding hydrogens is 206 g/mol. The standard InChI is InChI=1S/C10H8F2OS/c1-13-8-5-4-7(3-2-6-14)9(11)10(8)12/h4-5,14H,6H2,1H3. The van der Waals surface area contributed by atoms with Gasteiger partial charge in [-0.1, -0.05) is 11.8 Å². The van der Waals surface area contributed by atoms with Crippen molar-refractivity contribution in [3.63, 3.8) is 0 Å². The monoisotopic (exact) mass is 214 g/mol. The van der Waals surface area contributed by atoms with Gasteiger partial charge >= 0.3 is 0 Å². The van der Waals surface area contributed by atoms with Crippen LogP contribution < -0.4 is 4.74 Å². The molecule has 4 heteroatoms. The molecule has 0 saturated carbocycles. The van der Waals surface area contributed by atoms with Crippen LogP contribution in [-0.2, 0) is 0 Å². The van der Waals surface area contributed by atoms with Gasteiger partial charge in [0.1, 0.15) is 0 Å². The first-order valence-corrected chi connectivity index (χ1v) is 4.45. The topological polar surface area (TPSA) is 9.23 Å². The molecule has 74 valence electrons. The third-order valence-electron chi connectivity index (χ3n) is 1.57. The van der Waals surface area contributed by atoms with Crippen molar-refractivity contribution in [2.75, 3.05) is 12.9 Å². The van der Waals surface area contributed by atoms with Crippen molar-refractivity contribution in [1.82, 2.24) is 0 Å². The Labute approximate surface area is 86.5 Å². The van der Waals surface area contributed by atoms with Gasteiger partial charge in [0.2, 0.25) is 5.82 Å². The van der Waals surface area contributed by atoms with Crippen molar-refractivity contribution in [1.29, 1.82) is 0 Å². The molecule has 0 atom stereocenters. The highest BCUT2D eigenvalue weighted by molar-refractivity contribution is 7.80. The van der Waals surface area contributed by atoms with Crippen molar-refractivity contribution in [3.05, 3.63) is 29.3 Å². The molecule has 1 aromatic rings. The van der Waals surface area contributed by atoms with Crippen molar-refractivity contribution >= 4 is 12.6 Å². The zero-order chi connectivity index (χ0) is 10.6. The Bertz CT molecular complexity index is 393. The predicted molar refractivity (Wildman–Crippen MR) is 53.6 cm³/mol. The van der Waals surface area contributed by atoms with Crippen molar-refractivity contribution in [2.45, 2.75) is 0 Å². The zero-order valence-corrected chi connectivity index (χ0v) is 8.37. The molecule has 0 unspecified atom stereocenters. The lowest BCUT2D eigenvalue weighted by Crippen LogP contribution is -1.94. The quantitative estimate of drug-likeness (QED) is 0.557. The first kappa shape index (κ1) is 10.9. The molecule has 0 aromatic heterocycles. The molecule has 0 aliphatic rings. The second kappa shape index (κ2) is 4.87. The van der Waals surface area contributed by atoms with Gasteiger partial charge in [0, 0.05) is 0 Å². The number of hydrogen-bond acceptors (Lipinski definition) is 2. The number of rotatable bonds is 1. The van der Waals surface area contributed by atoms with E-state index in [1.165, 1.54) is 19.2 Å². The Hall–Kier alpha value is -1.21. The van der Waals surface area contributed by atoms with Crippen LogP contribution in [-0.4, -0.2) is 12.9 Å². The highest BCUT2D eigenvalue weighted by Crippen LogP contribution is 2.21. The third-order valence-corrected chi connectivity index (χ3v) is 1.73. The highest BCUT2D eigenvalue weighted by atomic mass is 32.1. The molecule has 0 fully saturated rings. The van der Waals surface area contributed by atoms with E-state index in [0.29, 0.717) is 5.75 Å². The van der Waals surface area contributed by atoms with E-state index in [9.17, 15) is 8.78 Å². The fraction of sp³-hybridized carbons (Fsp3) is 0.200. The molecule has 0 N–H and O–H groups in total. The second-order valence-electron chi connectivity index (χ2n) is 2.40. The number of hydrogen-bond donors (Lipinski definition) is 1. The van der Waals surface area contributed by atoms with Gasteiger partial charge < -0.3 is 4.74 Å². The van der Waals surface area contributed by atoms with E-state index in [1.54, 1.807) is 0 Å². The van der Waals surface area contributed by atoms with Gasteiger partial charge in [-0.25, -0.2) is 4.39 Å². The van der Waals surface area contributed by atoms with Crippen LogP contribution in [0.4, 0.5) is 8.78 Å². The maximum Gasteiger partial charge on any atom is 0.201 e. The number of benzene rings is 1. The lowest BCUT2D eigenvalue weighted by Gasteiger charge is -2.02. The summed E-state index contributed by atoms with van der Waals surface area (Å²) in [4.78, 5) is 0. The van der Waals surface area contributed by atoms with Crippen molar-refractivity contribution < 1.29 is 13.5 Å². The van der Waals surface area contributed by atoms with Crippen LogP contribution >= 0.6 is 12.6 Å². The molecule has 0 heterocycles. The van der Waals surface area contributed by atoms with E-state index >= 15 is 0 Å². The van der Waals surface area contributed by atoms with Gasteiger partial charge in [-0.05, 0) is 12.1 Å². The smallest absolute Gasteiger partial charge is 0.201 e. The molecule has 0 saturated heterocycles. The Balaban J connectivity index is 3.17. The van der Waals surface area contributed by atoms with Gasteiger partial charge in [0.15, 0.2) is 11.6 Å². The molecule has 0 aliphatic heterocycles. The average molecular weight is 214 g/mol. The van der Waals surface area contributed by atoms with Crippen molar-refractivity contribution in [3.8, 4) is 17.6 Å². The molecule has 1 nitrogen and oxygen atoms in total. The molecule has 0 bridgehead atoms. The van der Waals surface area contributed by atoms with Crippen molar-refractivity contribution in [2.24, 2.45) is 0 Å². The molecule has 0 radical (unpaired) electrons. The van der Waals surface area contributed by atoms with Crippen LogP contribution in [0.1, 0.15) is 5.56 Å². The van der Waals surface area contributed by atoms with Gasteiger partial charge in [-0.3, -0.25) is 0 Å². The maximum atomic E-state index is 13.2. The summed E-state index contributed by atoms with van der Waals surface area (Å²) < 4.78 is 30.9. The average Bonchev–Trinajstić information content (AvgIpc) is 2.20. The van der Waals surface area contributed by atoms with Gasteiger partial charge in [-0.15, -0.1) is 0 Å². The molecule has 1 aromatic carbocycles. The first-order chi connectivity index (χ1) is 6.70. The first-order valence-electron chi connectivity index (χ1n) is 3.82. The summed E-state index contributed by atoms with van der Waals surface area (Å²) in [5.74, 6) is 3.16. The Morgan fingerprint density at radius 2 is 2.07 bits per heavy atom. The van der Waals surface area contributed by atoms with Crippen LogP contribution in [0.3, 0.4) is 0 Å². The van der Waals surface area contributed by atoms with Crippen LogP contribution in [0.2, 0.25) is 0 Å². The van der Waals surface area contributed by atoms with Gasteiger partial charge in [0.25, 0.3) is 0 Å². The Morgan fingerprint density at radius 1 is 1.36 bits per heavy atom. The van der Waals surface area contributed by atoms with Gasteiger partial charge in [0.05, 0.1) is 18.4 Å². The van der Waals surface area contributed by atoms with E-state index in [-0.39, 0.29) is 11.3 Å². The predicted octanol–water partition coefficient (Wildman–Crippen LogP) is 2.25. The summed E-state index contributed by atoms with van der Waals surface area (Å²) in [6.07, 6.45) is 0. The lowest BCUT2D eigenvalue weighted by atomic mass is 10.2. The van der Waals surface area contributed by atoms with E-state index < -0.39 is 11.6 Å². The number of halogens is 2. The third kappa shape index (κ3) is 2.18. The summed E-state index contributed by atoms with van der Waals surface area (Å²) in [5.41, 5.74) is 0.0114. The number of thiol groups is 1. The second-order valence-corrected chi connectivity index (χ2v) is 2.72. The van der Waals surface area contributed by atoms with E-state index in [2.05, 4.69) is 29.2 Å². The highest BCUT2D eigenvalue weighted by Gasteiger charge is 2.11. The van der Waals surface area contributed by atoms with Gasteiger partial charge in [-0.2, -0.15) is 17.0 Å². The molecule has 0 spiro atoms. The Morgan fingerprint density at radius 3 is 2.64 bits per heavy atom. The minimum atomic E-state index is -1.02. The summed E-state index contributed by atoms with van der Waals surface area (Å²) in [5, 5.41) is 0. The largest absolute Gasteiger partial charge is 0.494 e. The summed E-state index contributed by atoms with van der Waals surface area (Å²) >= 11 is 3.84. The van der Waals surface area contributed by atoms with E-state index in [0.717, 1.165) is 0 Å². The van der Waals surface area contributed by atoms with Crippen LogP contribution in [0, 0.1) is 23.5 Å². The van der Waals surface area contributed by atoms with Crippen LogP contribution in [0.5, 0.6) is 5.75 Å². The molecular formula is C10H8F2OS. The normalized spacial score (nSPS) is 9.14. The molecule has 0 amide bonds. The summed E-state index contributed by atoms with van der Waals surface area (Å²) in [7, 11) is 1.27. The number of ether oxygens (including phenoxy) is 1. The van der Waals surface area contributed by atoms with E-state index in [1.807, 2.05) is 0 Å². The number of methoxy groups -OCH3 is 1. The summed E-state index contributed by atoms with van der Waals surface area (Å²) in [6, 6.07) is 2.70. The molecule has 14 heavy (non-hydrogen) atoms. The minimum Gasteiger partial charge on any atom is -0.494 e. The maximum absolute atomic E-state index is 13.2. The lowest BCUT2D eigenvalue weighted by molar-refractivity contribution is 0.371. The zero-order valence-electron chi connectivity index (χ0n) is 7.47. The van der Waals surface area contributed by atoms with Crippen LogP contribution in [0.25, 0.3) is 0 Å².